The molecule has 2 aromatic rings. The van der Waals surface area contributed by atoms with Gasteiger partial charge in [-0.15, -0.1) is 11.3 Å². The predicted octanol–water partition coefficient (Wildman–Crippen LogP) is 1.94. The van der Waals surface area contributed by atoms with E-state index in [1.54, 1.807) is 11.3 Å². The van der Waals surface area contributed by atoms with E-state index in [2.05, 4.69) is 33.6 Å². The molecule has 0 bridgehead atoms. The van der Waals surface area contributed by atoms with Crippen molar-refractivity contribution in [3.8, 4) is 0 Å². The Morgan fingerprint density at radius 3 is 2.82 bits per heavy atom. The standard InChI is InChI=1S/C16H16BrN3OS/c1-20-7-6-11-12(8-20)22-16-13(11)15(21)18-14(19-16)9-2-4-10(17)5-3-9/h2-5,14,19H,6-8H2,1H3,(H,18,21)/p+1. The zero-order valence-corrected chi connectivity index (χ0v) is 14.6. The Labute approximate surface area is 141 Å². The summed E-state index contributed by atoms with van der Waals surface area (Å²) in [7, 11) is 2.21. The highest BCUT2D eigenvalue weighted by Crippen LogP contribution is 2.38. The number of halogens is 1. The van der Waals surface area contributed by atoms with Crippen LogP contribution < -0.4 is 15.5 Å². The Morgan fingerprint density at radius 1 is 1.27 bits per heavy atom. The minimum Gasteiger partial charge on any atom is -0.353 e. The Kier molecular flexibility index (Phi) is 3.47. The van der Waals surface area contributed by atoms with E-state index in [4.69, 9.17) is 0 Å². The van der Waals surface area contributed by atoms with E-state index >= 15 is 0 Å². The molecule has 1 amide bonds. The van der Waals surface area contributed by atoms with E-state index in [1.807, 2.05) is 24.3 Å². The molecule has 0 radical (unpaired) electrons. The molecule has 0 aliphatic carbocycles. The fraction of sp³-hybridized carbons (Fsp3) is 0.312. The first-order valence-electron chi connectivity index (χ1n) is 7.40. The van der Waals surface area contributed by atoms with Crippen molar-refractivity contribution in [2.45, 2.75) is 19.1 Å². The van der Waals surface area contributed by atoms with Gasteiger partial charge in [0.1, 0.15) is 17.7 Å². The lowest BCUT2D eigenvalue weighted by atomic mass is 10.0. The molecule has 2 unspecified atom stereocenters. The molecule has 0 saturated heterocycles. The van der Waals surface area contributed by atoms with Crippen molar-refractivity contribution in [3.05, 3.63) is 50.3 Å². The van der Waals surface area contributed by atoms with Crippen LogP contribution in [0.4, 0.5) is 5.00 Å². The van der Waals surface area contributed by atoms with E-state index in [1.165, 1.54) is 15.3 Å². The zero-order chi connectivity index (χ0) is 15.3. The summed E-state index contributed by atoms with van der Waals surface area (Å²) in [4.78, 5) is 15.5. The lowest BCUT2D eigenvalue weighted by Crippen LogP contribution is -3.08. The smallest absolute Gasteiger partial charge is 0.256 e. The summed E-state index contributed by atoms with van der Waals surface area (Å²) < 4.78 is 1.04. The van der Waals surface area contributed by atoms with Crippen LogP contribution in [0.3, 0.4) is 0 Å². The van der Waals surface area contributed by atoms with Gasteiger partial charge in [-0.2, -0.15) is 0 Å². The number of benzene rings is 1. The van der Waals surface area contributed by atoms with Crippen molar-refractivity contribution < 1.29 is 9.69 Å². The first-order valence-corrected chi connectivity index (χ1v) is 9.01. The SMILES string of the molecule is C[NH+]1CCc2c(sc3c2C(=O)NC(c2ccc(Br)cc2)N3)C1. The number of rotatable bonds is 1. The van der Waals surface area contributed by atoms with Gasteiger partial charge in [-0.25, -0.2) is 0 Å². The number of carbonyl (C=O) groups excluding carboxylic acids is 1. The third kappa shape index (κ3) is 2.35. The van der Waals surface area contributed by atoms with Crippen LogP contribution in [0.5, 0.6) is 0 Å². The molecule has 4 nitrogen and oxygen atoms in total. The molecule has 114 valence electrons. The molecule has 0 spiro atoms. The van der Waals surface area contributed by atoms with Gasteiger partial charge in [-0.3, -0.25) is 4.79 Å². The van der Waals surface area contributed by atoms with Crippen molar-refractivity contribution >= 4 is 38.2 Å². The van der Waals surface area contributed by atoms with E-state index in [9.17, 15) is 4.79 Å². The molecule has 3 heterocycles. The summed E-state index contributed by atoms with van der Waals surface area (Å²) in [6, 6.07) is 8.05. The lowest BCUT2D eigenvalue weighted by molar-refractivity contribution is -0.895. The molecule has 2 aliphatic rings. The maximum atomic E-state index is 12.6. The zero-order valence-electron chi connectivity index (χ0n) is 12.2. The van der Waals surface area contributed by atoms with Crippen molar-refractivity contribution in [2.75, 3.05) is 18.9 Å². The number of quaternary nitrogens is 1. The Balaban J connectivity index is 1.69. The second kappa shape index (κ2) is 5.37. The number of likely N-dealkylation sites (N-methyl/N-ethyl adjacent to an activating group) is 1. The van der Waals surface area contributed by atoms with Gasteiger partial charge < -0.3 is 15.5 Å². The van der Waals surface area contributed by atoms with E-state index < -0.39 is 0 Å². The van der Waals surface area contributed by atoms with Crippen molar-refractivity contribution in [3.63, 3.8) is 0 Å². The van der Waals surface area contributed by atoms with E-state index in [0.717, 1.165) is 40.1 Å². The van der Waals surface area contributed by atoms with Crippen LogP contribution in [0.1, 0.15) is 32.5 Å². The molecular weight excluding hydrogens is 362 g/mol. The normalized spacial score (nSPS) is 23.3. The molecule has 1 aromatic heterocycles. The summed E-state index contributed by atoms with van der Waals surface area (Å²) in [5.74, 6) is 0.0544. The third-order valence-electron chi connectivity index (χ3n) is 4.34. The second-order valence-corrected chi connectivity index (χ2v) is 7.97. The fourth-order valence-electron chi connectivity index (χ4n) is 3.15. The summed E-state index contributed by atoms with van der Waals surface area (Å²) in [6.07, 6.45) is 0.837. The molecule has 2 atom stereocenters. The van der Waals surface area contributed by atoms with Crippen LogP contribution in [0.25, 0.3) is 0 Å². The number of hydrogen-bond donors (Lipinski definition) is 3. The monoisotopic (exact) mass is 378 g/mol. The number of amides is 1. The number of carbonyl (C=O) groups is 1. The molecule has 2 aliphatic heterocycles. The lowest BCUT2D eigenvalue weighted by Gasteiger charge is -2.27. The average Bonchev–Trinajstić information content (AvgIpc) is 2.85. The molecule has 1 aromatic carbocycles. The minimum absolute atomic E-state index is 0.0544. The number of hydrogen-bond acceptors (Lipinski definition) is 3. The molecule has 0 saturated carbocycles. The number of anilines is 1. The quantitative estimate of drug-likeness (QED) is 0.709. The highest BCUT2D eigenvalue weighted by molar-refractivity contribution is 9.10. The van der Waals surface area contributed by atoms with E-state index in [-0.39, 0.29) is 12.1 Å². The topological polar surface area (TPSA) is 45.6 Å². The highest BCUT2D eigenvalue weighted by Gasteiger charge is 2.33. The molecular formula is C16H17BrN3OS+. The Bertz CT molecular complexity index is 741. The van der Waals surface area contributed by atoms with E-state index in [0.29, 0.717) is 0 Å². The number of nitrogens with one attached hydrogen (secondary N) is 3. The second-order valence-electron chi connectivity index (χ2n) is 5.94. The van der Waals surface area contributed by atoms with Crippen molar-refractivity contribution in [1.29, 1.82) is 0 Å². The largest absolute Gasteiger partial charge is 0.353 e. The van der Waals surface area contributed by atoms with Crippen molar-refractivity contribution in [2.24, 2.45) is 0 Å². The maximum absolute atomic E-state index is 12.6. The average molecular weight is 379 g/mol. The summed E-state index contributed by atoms with van der Waals surface area (Å²) in [5.41, 5.74) is 3.20. The van der Waals surface area contributed by atoms with Gasteiger partial charge >= 0.3 is 0 Å². The van der Waals surface area contributed by atoms with Crippen LogP contribution >= 0.6 is 27.3 Å². The predicted molar refractivity (Wildman–Crippen MR) is 91.5 cm³/mol. The Hall–Kier alpha value is -1.37. The van der Waals surface area contributed by atoms with Crippen LogP contribution in [0.15, 0.2) is 28.7 Å². The van der Waals surface area contributed by atoms with Gasteiger partial charge in [0.15, 0.2) is 0 Å². The van der Waals surface area contributed by atoms with Crippen LogP contribution in [0, 0.1) is 0 Å². The van der Waals surface area contributed by atoms with Gasteiger partial charge in [0, 0.05) is 10.9 Å². The van der Waals surface area contributed by atoms with Crippen molar-refractivity contribution in [1.82, 2.24) is 5.32 Å². The molecule has 3 N–H and O–H groups in total. The third-order valence-corrected chi connectivity index (χ3v) is 6.03. The molecule has 6 heteroatoms. The highest BCUT2D eigenvalue weighted by atomic mass is 79.9. The van der Waals surface area contributed by atoms with Gasteiger partial charge in [-0.05, 0) is 23.3 Å². The molecule has 22 heavy (non-hydrogen) atoms. The van der Waals surface area contributed by atoms with Gasteiger partial charge in [0.05, 0.1) is 24.0 Å². The van der Waals surface area contributed by atoms with Gasteiger partial charge in [0.25, 0.3) is 5.91 Å². The first kappa shape index (κ1) is 14.2. The van der Waals surface area contributed by atoms with Crippen LogP contribution in [-0.4, -0.2) is 19.5 Å². The van der Waals surface area contributed by atoms with Crippen LogP contribution in [-0.2, 0) is 13.0 Å². The summed E-state index contributed by atoms with van der Waals surface area (Å²) in [6.45, 7) is 2.12. The minimum atomic E-state index is -0.154. The fourth-order valence-corrected chi connectivity index (χ4v) is 4.81. The maximum Gasteiger partial charge on any atom is 0.256 e. The Morgan fingerprint density at radius 2 is 2.05 bits per heavy atom. The van der Waals surface area contributed by atoms with Gasteiger partial charge in [0.2, 0.25) is 0 Å². The number of fused-ring (bicyclic) bond motifs is 3. The van der Waals surface area contributed by atoms with Crippen LogP contribution in [0.2, 0.25) is 0 Å². The molecule has 4 rings (SSSR count). The first-order chi connectivity index (χ1) is 10.6. The summed E-state index contributed by atoms with van der Waals surface area (Å²) >= 11 is 5.19. The number of thiophene rings is 1. The van der Waals surface area contributed by atoms with Gasteiger partial charge in [-0.1, -0.05) is 28.1 Å². The summed E-state index contributed by atoms with van der Waals surface area (Å²) in [5, 5.41) is 7.61. The molecule has 0 fully saturated rings.